The van der Waals surface area contributed by atoms with Gasteiger partial charge in [-0.25, -0.2) is 0 Å². The minimum Gasteiger partial charge on any atom is -0.316 e. The van der Waals surface area contributed by atoms with Crippen LogP contribution < -0.4 is 5.32 Å². The molecule has 0 aromatic carbocycles. The second-order valence-corrected chi connectivity index (χ2v) is 2.78. The lowest BCUT2D eigenvalue weighted by atomic mass is 10.0. The van der Waals surface area contributed by atoms with Crippen LogP contribution in [0, 0.1) is 5.92 Å². The Bertz CT molecular complexity index is 140. The lowest BCUT2D eigenvalue weighted by Gasteiger charge is -2.01. The summed E-state index contributed by atoms with van der Waals surface area (Å²) in [6.45, 7) is 4.47. The molecule has 2 nitrogen and oxygen atoms in total. The molecular formula is C9H17NO. The minimum absolute atomic E-state index is 0.170. The molecule has 0 heterocycles. The zero-order valence-electron chi connectivity index (χ0n) is 7.55. The minimum atomic E-state index is 0.170. The van der Waals surface area contributed by atoms with Crippen LogP contribution in [-0.2, 0) is 4.79 Å². The third-order valence-corrected chi connectivity index (χ3v) is 1.67. The van der Waals surface area contributed by atoms with Gasteiger partial charge in [0.15, 0.2) is 0 Å². The van der Waals surface area contributed by atoms with Gasteiger partial charge in [0, 0.05) is 12.5 Å². The highest BCUT2D eigenvalue weighted by Gasteiger charge is 2.03. The summed E-state index contributed by atoms with van der Waals surface area (Å²) in [5, 5.41) is 3.00. The molecule has 0 aliphatic carbocycles. The van der Waals surface area contributed by atoms with Gasteiger partial charge in [0.25, 0.3) is 0 Å². The summed E-state index contributed by atoms with van der Waals surface area (Å²) in [4.78, 5) is 10.8. The van der Waals surface area contributed by atoms with Gasteiger partial charge in [0.1, 0.15) is 5.78 Å². The molecule has 64 valence electrons. The van der Waals surface area contributed by atoms with Gasteiger partial charge in [-0.05, 0) is 20.4 Å². The van der Waals surface area contributed by atoms with Gasteiger partial charge in [-0.15, -0.1) is 0 Å². The molecule has 0 aliphatic rings. The first-order valence-electron chi connectivity index (χ1n) is 3.98. The van der Waals surface area contributed by atoms with E-state index in [0.717, 1.165) is 13.0 Å². The van der Waals surface area contributed by atoms with Crippen LogP contribution in [0.5, 0.6) is 0 Å². The Labute approximate surface area is 68.7 Å². The van der Waals surface area contributed by atoms with Crippen molar-refractivity contribution >= 4 is 5.78 Å². The van der Waals surface area contributed by atoms with E-state index in [1.165, 1.54) is 0 Å². The molecule has 0 bridgehead atoms. The zero-order chi connectivity index (χ0) is 8.69. The summed E-state index contributed by atoms with van der Waals surface area (Å²) in [5.74, 6) is 0.433. The molecule has 1 unspecified atom stereocenters. The van der Waals surface area contributed by atoms with Crippen molar-refractivity contribution in [2.75, 3.05) is 13.6 Å². The molecule has 0 fully saturated rings. The standard InChI is InChI=1S/C9H17NO/c1-8(9(2)11)6-4-5-7-10-3/h4-5,8,10H,6-7H2,1-3H3/b5-4+. The van der Waals surface area contributed by atoms with E-state index in [9.17, 15) is 4.79 Å². The highest BCUT2D eigenvalue weighted by molar-refractivity contribution is 5.77. The number of likely N-dealkylation sites (N-methyl/N-ethyl adjacent to an activating group) is 1. The maximum atomic E-state index is 10.8. The first-order valence-corrected chi connectivity index (χ1v) is 3.98. The van der Waals surface area contributed by atoms with Crippen molar-refractivity contribution in [1.29, 1.82) is 0 Å². The van der Waals surface area contributed by atoms with Crippen LogP contribution in [0.15, 0.2) is 12.2 Å². The van der Waals surface area contributed by atoms with Crippen molar-refractivity contribution in [3.05, 3.63) is 12.2 Å². The molecule has 0 aromatic rings. The van der Waals surface area contributed by atoms with Crippen molar-refractivity contribution in [2.45, 2.75) is 20.3 Å². The van der Waals surface area contributed by atoms with Crippen LogP contribution in [-0.4, -0.2) is 19.4 Å². The SMILES string of the molecule is CNC/C=C/CC(C)C(C)=O. The Morgan fingerprint density at radius 1 is 1.55 bits per heavy atom. The number of nitrogens with one attached hydrogen (secondary N) is 1. The number of Topliss-reactive ketones (excluding diaryl/α,β-unsaturated/α-hetero) is 1. The Balaban J connectivity index is 3.44. The number of hydrogen-bond donors (Lipinski definition) is 1. The van der Waals surface area contributed by atoms with Gasteiger partial charge in [-0.2, -0.15) is 0 Å². The highest BCUT2D eigenvalue weighted by Crippen LogP contribution is 2.02. The molecule has 0 amide bonds. The van der Waals surface area contributed by atoms with Gasteiger partial charge in [0.2, 0.25) is 0 Å². The molecule has 0 rings (SSSR count). The number of allylic oxidation sites excluding steroid dienone is 1. The largest absolute Gasteiger partial charge is 0.316 e. The third kappa shape index (κ3) is 5.80. The number of carbonyl (C=O) groups excluding carboxylic acids is 1. The van der Waals surface area contributed by atoms with Crippen LogP contribution in [0.4, 0.5) is 0 Å². The summed E-state index contributed by atoms with van der Waals surface area (Å²) in [6, 6.07) is 0. The third-order valence-electron chi connectivity index (χ3n) is 1.67. The van der Waals surface area contributed by atoms with Gasteiger partial charge in [-0.3, -0.25) is 4.79 Å². The van der Waals surface area contributed by atoms with Crippen molar-refractivity contribution in [3.63, 3.8) is 0 Å². The Morgan fingerprint density at radius 2 is 2.18 bits per heavy atom. The van der Waals surface area contributed by atoms with Crippen molar-refractivity contribution < 1.29 is 4.79 Å². The molecule has 1 N–H and O–H groups in total. The second-order valence-electron chi connectivity index (χ2n) is 2.78. The van der Waals surface area contributed by atoms with E-state index < -0.39 is 0 Å². The smallest absolute Gasteiger partial charge is 0.132 e. The van der Waals surface area contributed by atoms with E-state index in [0.29, 0.717) is 0 Å². The van der Waals surface area contributed by atoms with Gasteiger partial charge < -0.3 is 5.32 Å². The average molecular weight is 155 g/mol. The fourth-order valence-corrected chi connectivity index (χ4v) is 0.667. The van der Waals surface area contributed by atoms with Crippen LogP contribution in [0.3, 0.4) is 0 Å². The monoisotopic (exact) mass is 155 g/mol. The molecule has 1 atom stereocenters. The Kier molecular flexibility index (Phi) is 5.75. The lowest BCUT2D eigenvalue weighted by Crippen LogP contribution is -2.06. The van der Waals surface area contributed by atoms with Gasteiger partial charge in [-0.1, -0.05) is 19.1 Å². The van der Waals surface area contributed by atoms with E-state index in [-0.39, 0.29) is 11.7 Å². The molecule has 0 aromatic heterocycles. The van der Waals surface area contributed by atoms with Crippen LogP contribution >= 0.6 is 0 Å². The molecular weight excluding hydrogens is 138 g/mol. The molecule has 0 aliphatic heterocycles. The number of carbonyl (C=O) groups is 1. The van der Waals surface area contributed by atoms with E-state index in [2.05, 4.69) is 5.32 Å². The van der Waals surface area contributed by atoms with Crippen LogP contribution in [0.1, 0.15) is 20.3 Å². The topological polar surface area (TPSA) is 29.1 Å². The maximum Gasteiger partial charge on any atom is 0.132 e. The molecule has 2 heteroatoms. The molecule has 0 radical (unpaired) electrons. The lowest BCUT2D eigenvalue weighted by molar-refractivity contribution is -0.120. The van der Waals surface area contributed by atoms with Crippen LogP contribution in [0.2, 0.25) is 0 Å². The summed E-state index contributed by atoms with van der Waals surface area (Å²) in [5.41, 5.74) is 0. The van der Waals surface area contributed by atoms with Gasteiger partial charge in [0.05, 0.1) is 0 Å². The highest BCUT2D eigenvalue weighted by atomic mass is 16.1. The maximum absolute atomic E-state index is 10.8. The predicted octanol–water partition coefficient (Wildman–Crippen LogP) is 1.38. The second kappa shape index (κ2) is 6.10. The first-order chi connectivity index (χ1) is 5.18. The van der Waals surface area contributed by atoms with Crippen molar-refractivity contribution in [1.82, 2.24) is 5.32 Å². The Hall–Kier alpha value is -0.630. The van der Waals surface area contributed by atoms with E-state index in [1.807, 2.05) is 26.1 Å². The fraction of sp³-hybridized carbons (Fsp3) is 0.667. The number of ketones is 1. The molecule has 0 saturated heterocycles. The summed E-state index contributed by atoms with van der Waals surface area (Å²) >= 11 is 0. The zero-order valence-corrected chi connectivity index (χ0v) is 7.55. The Morgan fingerprint density at radius 3 is 2.64 bits per heavy atom. The number of hydrogen-bond acceptors (Lipinski definition) is 2. The van der Waals surface area contributed by atoms with Crippen molar-refractivity contribution in [2.24, 2.45) is 5.92 Å². The van der Waals surface area contributed by atoms with Crippen LogP contribution in [0.25, 0.3) is 0 Å². The summed E-state index contributed by atoms with van der Waals surface area (Å²) < 4.78 is 0. The molecule has 0 spiro atoms. The van der Waals surface area contributed by atoms with Crippen molar-refractivity contribution in [3.8, 4) is 0 Å². The van der Waals surface area contributed by atoms with E-state index in [4.69, 9.17) is 0 Å². The summed E-state index contributed by atoms with van der Waals surface area (Å²) in [6.07, 6.45) is 4.94. The van der Waals surface area contributed by atoms with E-state index >= 15 is 0 Å². The summed E-state index contributed by atoms with van der Waals surface area (Å²) in [7, 11) is 1.90. The first kappa shape index (κ1) is 10.4. The quantitative estimate of drug-likeness (QED) is 0.608. The number of rotatable bonds is 5. The average Bonchev–Trinajstić information content (AvgIpc) is 1.97. The normalized spacial score (nSPS) is 13.7. The van der Waals surface area contributed by atoms with E-state index in [1.54, 1.807) is 6.92 Å². The molecule has 0 saturated carbocycles. The molecule has 11 heavy (non-hydrogen) atoms. The van der Waals surface area contributed by atoms with Gasteiger partial charge >= 0.3 is 0 Å². The fourth-order valence-electron chi connectivity index (χ4n) is 0.667. The predicted molar refractivity (Wildman–Crippen MR) is 47.5 cm³/mol.